The molecule has 0 spiro atoms. The van der Waals surface area contributed by atoms with Crippen molar-refractivity contribution in [2.24, 2.45) is 11.5 Å². The van der Waals surface area contributed by atoms with E-state index >= 15 is 0 Å². The Kier molecular flexibility index (Phi) is 4.00. The largest absolute Gasteiger partial charge is 0.491 e. The van der Waals surface area contributed by atoms with Crippen LogP contribution < -0.4 is 16.2 Å². The standard InChI is InChI=1S/C10H13N3O4/c1-6-2-3-7(13(15)16)4-9(6)17-5-8(11)10(12)14/h2-4,8H,5,11H2,1H3,(H2,12,14). The predicted octanol–water partition coefficient (Wildman–Crippen LogP) is 0.0946. The number of benzene rings is 1. The lowest BCUT2D eigenvalue weighted by Crippen LogP contribution is -2.41. The SMILES string of the molecule is Cc1ccc([N+](=O)[O-])cc1OCC(N)C(N)=O. The molecule has 0 bridgehead atoms. The summed E-state index contributed by atoms with van der Waals surface area (Å²) in [6, 6.07) is 3.27. The van der Waals surface area contributed by atoms with Crippen LogP contribution >= 0.6 is 0 Å². The highest BCUT2D eigenvalue weighted by Gasteiger charge is 2.13. The Balaban J connectivity index is 2.79. The van der Waals surface area contributed by atoms with Crippen LogP contribution in [0.3, 0.4) is 0 Å². The maximum atomic E-state index is 10.7. The molecule has 1 rings (SSSR count). The summed E-state index contributed by atoms with van der Waals surface area (Å²) in [5.41, 5.74) is 11.0. The van der Waals surface area contributed by atoms with Crippen LogP contribution in [0.5, 0.6) is 5.75 Å². The zero-order valence-corrected chi connectivity index (χ0v) is 9.25. The number of primary amides is 1. The van der Waals surface area contributed by atoms with Crippen molar-refractivity contribution >= 4 is 11.6 Å². The van der Waals surface area contributed by atoms with Crippen LogP contribution in [0.25, 0.3) is 0 Å². The van der Waals surface area contributed by atoms with Crippen LogP contribution in [0.2, 0.25) is 0 Å². The molecule has 92 valence electrons. The van der Waals surface area contributed by atoms with Crippen molar-refractivity contribution in [1.29, 1.82) is 0 Å². The number of nitrogens with two attached hydrogens (primary N) is 2. The molecule has 0 aliphatic heterocycles. The number of nitro benzene ring substituents is 1. The summed E-state index contributed by atoms with van der Waals surface area (Å²) in [4.78, 5) is 20.7. The number of aryl methyl sites for hydroxylation is 1. The molecule has 0 fully saturated rings. The summed E-state index contributed by atoms with van der Waals surface area (Å²) in [6.45, 7) is 1.62. The number of ether oxygens (including phenoxy) is 1. The average Bonchev–Trinajstić information content (AvgIpc) is 2.26. The van der Waals surface area contributed by atoms with Crippen molar-refractivity contribution in [3.8, 4) is 5.75 Å². The van der Waals surface area contributed by atoms with Gasteiger partial charge in [-0.3, -0.25) is 14.9 Å². The molecule has 7 heteroatoms. The van der Waals surface area contributed by atoms with Crippen LogP contribution in [0, 0.1) is 17.0 Å². The molecule has 0 aliphatic carbocycles. The van der Waals surface area contributed by atoms with Crippen molar-refractivity contribution in [2.45, 2.75) is 13.0 Å². The van der Waals surface area contributed by atoms with Gasteiger partial charge in [0.2, 0.25) is 5.91 Å². The van der Waals surface area contributed by atoms with Gasteiger partial charge in [-0.2, -0.15) is 0 Å². The highest BCUT2D eigenvalue weighted by Crippen LogP contribution is 2.23. The predicted molar refractivity (Wildman–Crippen MR) is 60.5 cm³/mol. The number of hydrogen-bond donors (Lipinski definition) is 2. The molecule has 0 heterocycles. The van der Waals surface area contributed by atoms with Gasteiger partial charge in [0.1, 0.15) is 18.4 Å². The van der Waals surface area contributed by atoms with E-state index in [2.05, 4.69) is 0 Å². The van der Waals surface area contributed by atoms with Crippen molar-refractivity contribution in [3.05, 3.63) is 33.9 Å². The summed E-state index contributed by atoms with van der Waals surface area (Å²) in [7, 11) is 0. The van der Waals surface area contributed by atoms with E-state index in [-0.39, 0.29) is 12.3 Å². The molecule has 0 saturated heterocycles. The average molecular weight is 239 g/mol. The van der Waals surface area contributed by atoms with E-state index in [4.69, 9.17) is 16.2 Å². The number of non-ortho nitro benzene ring substituents is 1. The molecule has 0 aromatic heterocycles. The second-order valence-corrected chi connectivity index (χ2v) is 3.53. The number of nitro groups is 1. The third kappa shape index (κ3) is 3.42. The van der Waals surface area contributed by atoms with Gasteiger partial charge < -0.3 is 16.2 Å². The number of rotatable bonds is 5. The van der Waals surface area contributed by atoms with Crippen molar-refractivity contribution in [3.63, 3.8) is 0 Å². The highest BCUT2D eigenvalue weighted by molar-refractivity contribution is 5.79. The Morgan fingerprint density at radius 2 is 2.24 bits per heavy atom. The second kappa shape index (κ2) is 5.26. The smallest absolute Gasteiger partial charge is 0.273 e. The molecule has 0 saturated carbocycles. The van der Waals surface area contributed by atoms with Gasteiger partial charge in [0.15, 0.2) is 0 Å². The highest BCUT2D eigenvalue weighted by atomic mass is 16.6. The van der Waals surface area contributed by atoms with E-state index in [1.165, 1.54) is 12.1 Å². The fourth-order valence-corrected chi connectivity index (χ4v) is 1.12. The molecule has 17 heavy (non-hydrogen) atoms. The monoisotopic (exact) mass is 239 g/mol. The molecule has 0 aliphatic rings. The minimum atomic E-state index is -0.936. The summed E-state index contributed by atoms with van der Waals surface area (Å²) in [5, 5.41) is 10.6. The zero-order valence-electron chi connectivity index (χ0n) is 9.25. The molecule has 1 unspecified atom stereocenters. The number of carbonyl (C=O) groups is 1. The summed E-state index contributed by atoms with van der Waals surface area (Å²) < 4.78 is 5.22. The van der Waals surface area contributed by atoms with Crippen LogP contribution in [0.1, 0.15) is 5.56 Å². The topological polar surface area (TPSA) is 121 Å². The molecular formula is C10H13N3O4. The second-order valence-electron chi connectivity index (χ2n) is 3.53. The van der Waals surface area contributed by atoms with Crippen molar-refractivity contribution in [2.75, 3.05) is 6.61 Å². The molecule has 1 atom stereocenters. The Morgan fingerprint density at radius 1 is 1.59 bits per heavy atom. The van der Waals surface area contributed by atoms with E-state index in [0.29, 0.717) is 11.3 Å². The summed E-state index contributed by atoms with van der Waals surface area (Å²) >= 11 is 0. The number of nitrogens with zero attached hydrogens (tertiary/aromatic N) is 1. The molecule has 1 amide bonds. The minimum Gasteiger partial charge on any atom is -0.491 e. The Morgan fingerprint density at radius 3 is 2.76 bits per heavy atom. The maximum Gasteiger partial charge on any atom is 0.273 e. The molecule has 4 N–H and O–H groups in total. The van der Waals surface area contributed by atoms with E-state index in [9.17, 15) is 14.9 Å². The van der Waals surface area contributed by atoms with Crippen LogP contribution in [-0.4, -0.2) is 23.5 Å². The van der Waals surface area contributed by atoms with Crippen molar-refractivity contribution in [1.82, 2.24) is 0 Å². The molecule has 0 radical (unpaired) electrons. The van der Waals surface area contributed by atoms with E-state index in [1.54, 1.807) is 13.0 Å². The lowest BCUT2D eigenvalue weighted by Gasteiger charge is -2.11. The normalized spacial score (nSPS) is 11.9. The van der Waals surface area contributed by atoms with Gasteiger partial charge in [0.05, 0.1) is 11.0 Å². The van der Waals surface area contributed by atoms with Gasteiger partial charge in [-0.05, 0) is 18.6 Å². The lowest BCUT2D eigenvalue weighted by atomic mass is 10.2. The summed E-state index contributed by atoms with van der Waals surface area (Å²) in [6.07, 6.45) is 0. The Bertz CT molecular complexity index is 447. The van der Waals surface area contributed by atoms with Gasteiger partial charge in [-0.15, -0.1) is 0 Å². The third-order valence-electron chi connectivity index (χ3n) is 2.17. The van der Waals surface area contributed by atoms with E-state index in [0.717, 1.165) is 0 Å². The van der Waals surface area contributed by atoms with E-state index < -0.39 is 16.9 Å². The number of carbonyl (C=O) groups excluding carboxylic acids is 1. The van der Waals surface area contributed by atoms with Gasteiger partial charge in [-0.1, -0.05) is 0 Å². The number of hydrogen-bond acceptors (Lipinski definition) is 5. The molecule has 7 nitrogen and oxygen atoms in total. The number of amides is 1. The first-order chi connectivity index (χ1) is 7.91. The molecule has 1 aromatic rings. The zero-order chi connectivity index (χ0) is 13.0. The Labute approximate surface area is 97.5 Å². The fraction of sp³-hybridized carbons (Fsp3) is 0.300. The van der Waals surface area contributed by atoms with Gasteiger partial charge in [0, 0.05) is 6.07 Å². The first-order valence-corrected chi connectivity index (χ1v) is 4.84. The Hall–Kier alpha value is -2.15. The lowest BCUT2D eigenvalue weighted by molar-refractivity contribution is -0.384. The molecular weight excluding hydrogens is 226 g/mol. The minimum absolute atomic E-state index is 0.0850. The van der Waals surface area contributed by atoms with Crippen LogP contribution in [0.15, 0.2) is 18.2 Å². The first kappa shape index (κ1) is 12.9. The van der Waals surface area contributed by atoms with Gasteiger partial charge >= 0.3 is 0 Å². The maximum absolute atomic E-state index is 10.7. The van der Waals surface area contributed by atoms with Gasteiger partial charge in [-0.25, -0.2) is 0 Å². The van der Waals surface area contributed by atoms with Gasteiger partial charge in [0.25, 0.3) is 5.69 Å². The van der Waals surface area contributed by atoms with Crippen molar-refractivity contribution < 1.29 is 14.5 Å². The first-order valence-electron chi connectivity index (χ1n) is 4.84. The fourth-order valence-electron chi connectivity index (χ4n) is 1.12. The molecule has 1 aromatic carbocycles. The third-order valence-corrected chi connectivity index (χ3v) is 2.17. The van der Waals surface area contributed by atoms with Crippen LogP contribution in [-0.2, 0) is 4.79 Å². The summed E-state index contributed by atoms with van der Waals surface area (Å²) in [5.74, 6) is -0.371. The van der Waals surface area contributed by atoms with E-state index in [1.807, 2.05) is 0 Å². The van der Waals surface area contributed by atoms with Crippen LogP contribution in [0.4, 0.5) is 5.69 Å². The quantitative estimate of drug-likeness (QED) is 0.557.